The van der Waals surface area contributed by atoms with Crippen molar-refractivity contribution >= 4 is 34.2 Å². The van der Waals surface area contributed by atoms with E-state index in [1.807, 2.05) is 0 Å². The van der Waals surface area contributed by atoms with Gasteiger partial charge in [0.25, 0.3) is 5.69 Å². The van der Waals surface area contributed by atoms with Gasteiger partial charge in [0.15, 0.2) is 0 Å². The lowest BCUT2D eigenvalue weighted by atomic mass is 10.1. The molecular weight excluding hydrogens is 327 g/mol. The number of nitriles is 1. The Morgan fingerprint density at radius 3 is 2.69 bits per heavy atom. The highest BCUT2D eigenvalue weighted by Gasteiger charge is 2.19. The lowest BCUT2D eigenvalue weighted by Crippen LogP contribution is -2.06. The van der Waals surface area contributed by atoms with E-state index in [2.05, 4.69) is 4.74 Å². The Labute approximate surface area is 104 Å². The summed E-state index contributed by atoms with van der Waals surface area (Å²) in [6.45, 7) is 0. The van der Waals surface area contributed by atoms with E-state index in [4.69, 9.17) is 5.26 Å². The van der Waals surface area contributed by atoms with E-state index in [1.54, 1.807) is 28.7 Å². The molecule has 0 atom stereocenters. The van der Waals surface area contributed by atoms with Gasteiger partial charge in [-0.15, -0.1) is 0 Å². The van der Waals surface area contributed by atoms with Gasteiger partial charge in [-0.25, -0.2) is 4.79 Å². The minimum atomic E-state index is -0.704. The molecule has 0 saturated heterocycles. The zero-order valence-corrected chi connectivity index (χ0v) is 10.2. The van der Waals surface area contributed by atoms with Gasteiger partial charge < -0.3 is 4.74 Å². The summed E-state index contributed by atoms with van der Waals surface area (Å²) < 4.78 is 4.82. The van der Waals surface area contributed by atoms with Gasteiger partial charge in [0.1, 0.15) is 6.07 Å². The predicted molar refractivity (Wildman–Crippen MR) is 61.9 cm³/mol. The van der Waals surface area contributed by atoms with Crippen molar-refractivity contribution in [3.63, 3.8) is 0 Å². The number of esters is 1. The Kier molecular flexibility index (Phi) is 3.78. The summed E-state index contributed by atoms with van der Waals surface area (Å²) in [6, 6.07) is 4.00. The van der Waals surface area contributed by atoms with Crippen LogP contribution < -0.4 is 0 Å². The third-order valence-corrected chi connectivity index (χ3v) is 2.96. The third kappa shape index (κ3) is 2.27. The van der Waals surface area contributed by atoms with E-state index < -0.39 is 10.9 Å². The molecule has 0 aliphatic heterocycles. The van der Waals surface area contributed by atoms with Crippen LogP contribution in [0.4, 0.5) is 5.69 Å². The van der Waals surface area contributed by atoms with Crippen LogP contribution in [0, 0.1) is 25.0 Å². The van der Waals surface area contributed by atoms with Crippen LogP contribution in [0.3, 0.4) is 0 Å². The van der Waals surface area contributed by atoms with E-state index in [1.165, 1.54) is 7.11 Å². The fourth-order valence-corrected chi connectivity index (χ4v) is 1.71. The molecule has 0 saturated carbocycles. The van der Waals surface area contributed by atoms with Gasteiger partial charge >= 0.3 is 5.97 Å². The van der Waals surface area contributed by atoms with Crippen molar-refractivity contribution in [3.8, 4) is 6.07 Å². The largest absolute Gasteiger partial charge is 0.465 e. The first kappa shape index (κ1) is 12.4. The Morgan fingerprint density at radius 1 is 1.62 bits per heavy atom. The molecule has 1 aromatic rings. The summed E-state index contributed by atoms with van der Waals surface area (Å²) in [5.41, 5.74) is -0.207. The molecule has 0 N–H and O–H groups in total. The molecule has 0 fully saturated rings. The molecule has 0 unspecified atom stereocenters. The molecule has 0 aromatic heterocycles. The summed E-state index contributed by atoms with van der Waals surface area (Å²) in [4.78, 5) is 21.2. The zero-order chi connectivity index (χ0) is 12.3. The Hall–Kier alpha value is -1.69. The highest BCUT2D eigenvalue weighted by atomic mass is 127. The molecule has 0 amide bonds. The quantitative estimate of drug-likeness (QED) is 0.357. The number of carbonyl (C=O) groups excluding carboxylic acids is 1. The standard InChI is InChI=1S/C9H5IN2O4/c1-16-9(13)7-3-6(12(14)15)2-5(4-11)8(7)10/h2-3H,1H3. The van der Waals surface area contributed by atoms with Crippen LogP contribution in [0.25, 0.3) is 0 Å². The molecule has 82 valence electrons. The number of hydrogen-bond acceptors (Lipinski definition) is 5. The van der Waals surface area contributed by atoms with E-state index >= 15 is 0 Å². The van der Waals surface area contributed by atoms with Crippen molar-refractivity contribution in [1.82, 2.24) is 0 Å². The number of carbonyl (C=O) groups is 1. The number of hydrogen-bond donors (Lipinski definition) is 0. The number of methoxy groups -OCH3 is 1. The molecule has 0 radical (unpaired) electrons. The smallest absolute Gasteiger partial charge is 0.339 e. The molecule has 0 spiro atoms. The molecule has 16 heavy (non-hydrogen) atoms. The average molecular weight is 332 g/mol. The number of halogens is 1. The molecule has 0 aliphatic rings. The molecule has 0 bridgehead atoms. The average Bonchev–Trinajstić information content (AvgIpc) is 2.28. The number of nitro benzene ring substituents is 1. The van der Waals surface area contributed by atoms with Crippen molar-refractivity contribution < 1.29 is 14.5 Å². The maximum Gasteiger partial charge on any atom is 0.339 e. The van der Waals surface area contributed by atoms with Gasteiger partial charge in [0, 0.05) is 15.7 Å². The number of rotatable bonds is 2. The molecule has 0 aliphatic carbocycles. The van der Waals surface area contributed by atoms with Crippen molar-refractivity contribution in [2.45, 2.75) is 0 Å². The van der Waals surface area contributed by atoms with Gasteiger partial charge in [-0.3, -0.25) is 10.1 Å². The van der Waals surface area contributed by atoms with Crippen molar-refractivity contribution in [1.29, 1.82) is 5.26 Å². The van der Waals surface area contributed by atoms with Crippen LogP contribution in [-0.4, -0.2) is 18.0 Å². The van der Waals surface area contributed by atoms with Crippen LogP contribution >= 0.6 is 22.6 Å². The zero-order valence-electron chi connectivity index (χ0n) is 8.06. The third-order valence-electron chi connectivity index (χ3n) is 1.79. The second-order valence-electron chi connectivity index (χ2n) is 2.72. The molecular formula is C9H5IN2O4. The maximum absolute atomic E-state index is 11.3. The summed E-state index contributed by atoms with van der Waals surface area (Å²) in [7, 11) is 1.17. The maximum atomic E-state index is 11.3. The monoisotopic (exact) mass is 332 g/mol. The van der Waals surface area contributed by atoms with Crippen LogP contribution in [0.2, 0.25) is 0 Å². The van der Waals surface area contributed by atoms with Crippen LogP contribution in [0.5, 0.6) is 0 Å². The summed E-state index contributed by atoms with van der Waals surface area (Å²) >= 11 is 1.77. The molecule has 6 nitrogen and oxygen atoms in total. The van der Waals surface area contributed by atoms with Gasteiger partial charge in [0.2, 0.25) is 0 Å². The van der Waals surface area contributed by atoms with Crippen LogP contribution in [0.1, 0.15) is 15.9 Å². The predicted octanol–water partition coefficient (Wildman–Crippen LogP) is 1.86. The second-order valence-corrected chi connectivity index (χ2v) is 3.79. The minimum absolute atomic E-state index is 0.0221. The van der Waals surface area contributed by atoms with Gasteiger partial charge in [-0.1, -0.05) is 0 Å². The molecule has 7 heteroatoms. The molecule has 1 rings (SSSR count). The van der Waals surface area contributed by atoms with E-state index in [9.17, 15) is 14.9 Å². The first-order valence-corrected chi connectivity index (χ1v) is 5.05. The summed E-state index contributed by atoms with van der Waals surface area (Å²) in [6.07, 6.45) is 0. The normalized spacial score (nSPS) is 9.31. The topological polar surface area (TPSA) is 93.2 Å². The van der Waals surface area contributed by atoms with Gasteiger partial charge in [-0.05, 0) is 22.6 Å². The summed E-state index contributed by atoms with van der Waals surface area (Å²) in [5.74, 6) is -0.704. The number of benzene rings is 1. The minimum Gasteiger partial charge on any atom is -0.465 e. The second kappa shape index (κ2) is 4.89. The SMILES string of the molecule is COC(=O)c1cc([N+](=O)[O-])cc(C#N)c1I. The van der Waals surface area contributed by atoms with Crippen LogP contribution in [0.15, 0.2) is 12.1 Å². The number of nitrogens with zero attached hydrogens (tertiary/aromatic N) is 2. The van der Waals surface area contributed by atoms with Gasteiger partial charge in [-0.2, -0.15) is 5.26 Å². The lowest BCUT2D eigenvalue weighted by molar-refractivity contribution is -0.384. The fraction of sp³-hybridized carbons (Fsp3) is 0.111. The highest BCUT2D eigenvalue weighted by Crippen LogP contribution is 2.24. The van der Waals surface area contributed by atoms with Crippen molar-refractivity contribution in [2.24, 2.45) is 0 Å². The number of nitro groups is 1. The Bertz CT molecular complexity index is 507. The lowest BCUT2D eigenvalue weighted by Gasteiger charge is -2.03. The van der Waals surface area contributed by atoms with Gasteiger partial charge in [0.05, 0.1) is 23.2 Å². The molecule has 0 heterocycles. The van der Waals surface area contributed by atoms with Crippen LogP contribution in [-0.2, 0) is 4.74 Å². The van der Waals surface area contributed by atoms with E-state index in [0.717, 1.165) is 12.1 Å². The van der Waals surface area contributed by atoms with Crippen molar-refractivity contribution in [2.75, 3.05) is 7.11 Å². The first-order valence-electron chi connectivity index (χ1n) is 3.97. The highest BCUT2D eigenvalue weighted by molar-refractivity contribution is 14.1. The fourth-order valence-electron chi connectivity index (χ4n) is 1.05. The number of non-ortho nitro benzene ring substituents is 1. The Morgan fingerprint density at radius 2 is 2.25 bits per heavy atom. The first-order chi connectivity index (χ1) is 7.51. The van der Waals surface area contributed by atoms with E-state index in [0.29, 0.717) is 3.57 Å². The van der Waals surface area contributed by atoms with E-state index in [-0.39, 0.29) is 16.8 Å². The molecule has 1 aromatic carbocycles. The summed E-state index contributed by atoms with van der Waals surface area (Å²) in [5, 5.41) is 19.4. The van der Waals surface area contributed by atoms with Crippen molar-refractivity contribution in [3.05, 3.63) is 36.9 Å². The Balaban J connectivity index is 3.49. The number of ether oxygens (including phenoxy) is 1.